The first-order valence-electron chi connectivity index (χ1n) is 8.10. The molecule has 1 aromatic heterocycles. The molecule has 0 radical (unpaired) electrons. The van der Waals surface area contributed by atoms with E-state index < -0.39 is 11.8 Å². The molecule has 1 heterocycles. The third-order valence-corrected chi connectivity index (χ3v) is 4.16. The first kappa shape index (κ1) is 18.3. The van der Waals surface area contributed by atoms with Crippen molar-refractivity contribution in [2.75, 3.05) is 14.2 Å². The molecule has 0 spiro atoms. The molecule has 0 saturated carbocycles. The molecule has 0 fully saturated rings. The average Bonchev–Trinajstić information content (AvgIpc) is 3.22. The van der Waals surface area contributed by atoms with Gasteiger partial charge in [-0.3, -0.25) is 4.79 Å². The number of carbonyl (C=O) groups excluding carboxylic acids is 2. The second kappa shape index (κ2) is 7.82. The van der Waals surface area contributed by atoms with Gasteiger partial charge in [-0.1, -0.05) is 12.1 Å². The number of halogens is 1. The Morgan fingerprint density at radius 1 is 1.26 bits per heavy atom. The zero-order valence-electron chi connectivity index (χ0n) is 14.8. The zero-order chi connectivity index (χ0) is 19.4. The van der Waals surface area contributed by atoms with Gasteiger partial charge >= 0.3 is 5.97 Å². The number of aromatic nitrogens is 2. The number of hydrogen-bond acceptors (Lipinski definition) is 5. The Balaban J connectivity index is 1.99. The van der Waals surface area contributed by atoms with Crippen molar-refractivity contribution in [1.82, 2.24) is 9.78 Å². The highest BCUT2D eigenvalue weighted by atomic mass is 19.1. The Morgan fingerprint density at radius 2 is 2.00 bits per heavy atom. The van der Waals surface area contributed by atoms with Crippen LogP contribution in [0.3, 0.4) is 0 Å². The van der Waals surface area contributed by atoms with Gasteiger partial charge in [0.15, 0.2) is 17.9 Å². The molecule has 0 amide bonds. The highest BCUT2D eigenvalue weighted by Gasteiger charge is 2.23. The summed E-state index contributed by atoms with van der Waals surface area (Å²) >= 11 is 0. The van der Waals surface area contributed by atoms with Crippen molar-refractivity contribution in [3.05, 3.63) is 76.9 Å². The molecule has 0 aliphatic heterocycles. The molecule has 27 heavy (non-hydrogen) atoms. The number of aldehydes is 1. The van der Waals surface area contributed by atoms with Crippen LogP contribution < -0.4 is 4.74 Å². The summed E-state index contributed by atoms with van der Waals surface area (Å²) in [4.78, 5) is 23.2. The van der Waals surface area contributed by atoms with E-state index in [9.17, 15) is 14.0 Å². The highest BCUT2D eigenvalue weighted by molar-refractivity contribution is 5.99. The Labute approximate surface area is 155 Å². The Bertz CT molecular complexity index is 967. The smallest absolute Gasteiger partial charge is 0.338 e. The third kappa shape index (κ3) is 3.57. The van der Waals surface area contributed by atoms with Crippen LogP contribution in [0.4, 0.5) is 4.39 Å². The topological polar surface area (TPSA) is 70.4 Å². The number of ether oxygens (including phenoxy) is 2. The van der Waals surface area contributed by atoms with E-state index in [1.54, 1.807) is 10.9 Å². The molecule has 0 bridgehead atoms. The van der Waals surface area contributed by atoms with Crippen molar-refractivity contribution in [1.29, 1.82) is 0 Å². The zero-order valence-corrected chi connectivity index (χ0v) is 14.8. The SMILES string of the molecule is COC(=O)c1cc(Cc2ccc(-n3cccn3)cc2)c(OC)c(F)c1C=O. The van der Waals surface area contributed by atoms with E-state index in [1.807, 2.05) is 36.5 Å². The van der Waals surface area contributed by atoms with E-state index >= 15 is 0 Å². The van der Waals surface area contributed by atoms with Crippen LogP contribution in [-0.2, 0) is 11.2 Å². The summed E-state index contributed by atoms with van der Waals surface area (Å²) in [7, 11) is 2.49. The van der Waals surface area contributed by atoms with Gasteiger partial charge in [-0.2, -0.15) is 5.10 Å². The van der Waals surface area contributed by atoms with Gasteiger partial charge in [-0.05, 0) is 29.8 Å². The number of rotatable bonds is 6. The molecule has 6 nitrogen and oxygen atoms in total. The lowest BCUT2D eigenvalue weighted by atomic mass is 9.97. The van der Waals surface area contributed by atoms with E-state index in [1.165, 1.54) is 20.3 Å². The van der Waals surface area contributed by atoms with Crippen LogP contribution >= 0.6 is 0 Å². The molecular formula is C20H17FN2O4. The summed E-state index contributed by atoms with van der Waals surface area (Å²) in [6, 6.07) is 10.8. The maximum absolute atomic E-state index is 14.7. The fraction of sp³-hybridized carbons (Fsp3) is 0.150. The Morgan fingerprint density at radius 3 is 2.56 bits per heavy atom. The first-order valence-corrected chi connectivity index (χ1v) is 8.10. The lowest BCUT2D eigenvalue weighted by molar-refractivity contribution is 0.0597. The molecule has 2 aromatic carbocycles. The van der Waals surface area contributed by atoms with Crippen LogP contribution in [0, 0.1) is 5.82 Å². The second-order valence-electron chi connectivity index (χ2n) is 5.75. The van der Waals surface area contributed by atoms with Crippen LogP contribution in [-0.4, -0.2) is 36.3 Å². The summed E-state index contributed by atoms with van der Waals surface area (Å²) in [5.74, 6) is -1.73. The minimum absolute atomic E-state index is 0.0686. The van der Waals surface area contributed by atoms with Gasteiger partial charge in [0.1, 0.15) is 0 Å². The van der Waals surface area contributed by atoms with Gasteiger partial charge in [0, 0.05) is 24.4 Å². The van der Waals surface area contributed by atoms with Gasteiger partial charge in [-0.15, -0.1) is 0 Å². The van der Waals surface area contributed by atoms with Crippen molar-refractivity contribution in [2.45, 2.75) is 6.42 Å². The van der Waals surface area contributed by atoms with E-state index in [-0.39, 0.29) is 23.2 Å². The maximum atomic E-state index is 14.7. The molecule has 138 valence electrons. The van der Waals surface area contributed by atoms with Crippen LogP contribution in [0.15, 0.2) is 48.8 Å². The Hall–Kier alpha value is -3.48. The van der Waals surface area contributed by atoms with Crippen molar-refractivity contribution >= 4 is 12.3 Å². The van der Waals surface area contributed by atoms with Gasteiger partial charge in [0.05, 0.1) is 31.0 Å². The molecule has 3 rings (SSSR count). The van der Waals surface area contributed by atoms with Gasteiger partial charge in [0.2, 0.25) is 0 Å². The van der Waals surface area contributed by atoms with Crippen LogP contribution in [0.2, 0.25) is 0 Å². The van der Waals surface area contributed by atoms with Gasteiger partial charge < -0.3 is 9.47 Å². The highest BCUT2D eigenvalue weighted by Crippen LogP contribution is 2.30. The molecule has 0 N–H and O–H groups in total. The minimum Gasteiger partial charge on any atom is -0.493 e. The monoisotopic (exact) mass is 368 g/mol. The summed E-state index contributed by atoms with van der Waals surface area (Å²) in [5, 5.41) is 4.16. The number of nitrogens with zero attached hydrogens (tertiary/aromatic N) is 2. The lowest BCUT2D eigenvalue weighted by Crippen LogP contribution is -2.11. The first-order chi connectivity index (χ1) is 13.1. The fourth-order valence-electron chi connectivity index (χ4n) is 2.85. The van der Waals surface area contributed by atoms with Crippen LogP contribution in [0.1, 0.15) is 31.8 Å². The number of esters is 1. The minimum atomic E-state index is -0.876. The molecule has 0 aliphatic carbocycles. The fourth-order valence-corrected chi connectivity index (χ4v) is 2.85. The molecular weight excluding hydrogens is 351 g/mol. The van der Waals surface area contributed by atoms with Crippen molar-refractivity contribution in [3.63, 3.8) is 0 Å². The van der Waals surface area contributed by atoms with Gasteiger partial charge in [0.25, 0.3) is 0 Å². The molecule has 0 unspecified atom stereocenters. The predicted molar refractivity (Wildman–Crippen MR) is 96.0 cm³/mol. The van der Waals surface area contributed by atoms with Crippen LogP contribution in [0.5, 0.6) is 5.75 Å². The third-order valence-electron chi connectivity index (χ3n) is 4.16. The number of hydrogen-bond donors (Lipinski definition) is 0. The second-order valence-corrected chi connectivity index (χ2v) is 5.75. The van der Waals surface area contributed by atoms with Crippen molar-refractivity contribution in [3.8, 4) is 11.4 Å². The number of benzene rings is 2. The van der Waals surface area contributed by atoms with E-state index in [0.29, 0.717) is 12.0 Å². The number of methoxy groups -OCH3 is 2. The molecule has 0 atom stereocenters. The van der Waals surface area contributed by atoms with Crippen molar-refractivity contribution < 1.29 is 23.5 Å². The molecule has 3 aromatic rings. The maximum Gasteiger partial charge on any atom is 0.338 e. The molecule has 0 saturated heterocycles. The molecule has 7 heteroatoms. The van der Waals surface area contributed by atoms with E-state index in [0.717, 1.165) is 11.3 Å². The lowest BCUT2D eigenvalue weighted by Gasteiger charge is -2.14. The summed E-state index contributed by atoms with van der Waals surface area (Å²) in [6.45, 7) is 0. The average molecular weight is 368 g/mol. The van der Waals surface area contributed by atoms with E-state index in [4.69, 9.17) is 4.74 Å². The predicted octanol–water partition coefficient (Wildman–Crippen LogP) is 3.21. The largest absolute Gasteiger partial charge is 0.493 e. The summed E-state index contributed by atoms with van der Waals surface area (Å²) in [6.07, 6.45) is 4.11. The van der Waals surface area contributed by atoms with Gasteiger partial charge in [-0.25, -0.2) is 13.9 Å². The Kier molecular flexibility index (Phi) is 5.30. The van der Waals surface area contributed by atoms with E-state index in [2.05, 4.69) is 9.84 Å². The van der Waals surface area contributed by atoms with Crippen LogP contribution in [0.25, 0.3) is 5.69 Å². The normalized spacial score (nSPS) is 10.5. The summed E-state index contributed by atoms with van der Waals surface area (Å²) < 4.78 is 26.2. The standard InChI is InChI=1S/C20H17FN2O4/c1-26-19-14(11-16(20(25)27-2)17(12-24)18(19)21)10-13-4-6-15(7-5-13)23-9-3-8-22-23/h3-9,11-12H,10H2,1-2H3. The summed E-state index contributed by atoms with van der Waals surface area (Å²) in [5.41, 5.74) is 1.69. The number of carbonyl (C=O) groups is 2. The molecule has 0 aliphatic rings. The van der Waals surface area contributed by atoms with Crippen molar-refractivity contribution in [2.24, 2.45) is 0 Å². The quantitative estimate of drug-likeness (QED) is 0.494.